The lowest BCUT2D eigenvalue weighted by molar-refractivity contribution is 0.0718. The normalized spacial score (nSPS) is 16.7. The van der Waals surface area contributed by atoms with Crippen LogP contribution in [-0.2, 0) is 11.2 Å². The Bertz CT molecular complexity index is 1430. The van der Waals surface area contributed by atoms with Gasteiger partial charge in [0.2, 0.25) is 5.82 Å². The van der Waals surface area contributed by atoms with E-state index in [4.69, 9.17) is 17.0 Å². The Balaban J connectivity index is 1.33. The lowest BCUT2D eigenvalue weighted by Crippen LogP contribution is -2.43. The van der Waals surface area contributed by atoms with E-state index in [0.717, 1.165) is 22.3 Å². The Morgan fingerprint density at radius 3 is 2.86 bits per heavy atom. The van der Waals surface area contributed by atoms with Gasteiger partial charge in [0.25, 0.3) is 0 Å². The lowest BCUT2D eigenvalue weighted by Gasteiger charge is -2.24. The quantitative estimate of drug-likeness (QED) is 0.435. The molecule has 2 aliphatic rings. The number of ether oxygens (including phenoxy) is 1. The van der Waals surface area contributed by atoms with Crippen LogP contribution < -0.4 is 5.43 Å². The summed E-state index contributed by atoms with van der Waals surface area (Å²) in [5.41, 5.74) is 7.38. The number of thiocarbonyl (C=S) groups is 1. The van der Waals surface area contributed by atoms with E-state index in [9.17, 15) is 4.79 Å². The summed E-state index contributed by atoms with van der Waals surface area (Å²) in [6, 6.07) is 17.9. The zero-order valence-corrected chi connectivity index (χ0v) is 20.1. The van der Waals surface area contributed by atoms with Gasteiger partial charge in [-0.3, -0.25) is 15.3 Å². The number of aryl methyl sites for hydroxylation is 1. The number of aromatic amines is 1. The summed E-state index contributed by atoms with van der Waals surface area (Å²) >= 11 is 5.68. The maximum Gasteiger partial charge on any atom is 0.309 e. The standard InChI is InChI=1S/C27H23N5O2S/c1-17-7-6-10-20(13-17)11-12-21-14-18(2)25(35)23-24(21)34-16-32(23)31-27(33)26-28-22(29-30-26)15-19-8-4-3-5-9-19/h3-10,13-14,18H,15-16H2,1-2H3,(H,31,33)(H,28,29,30)/t18-/m0/s1. The second-order valence-corrected chi connectivity index (χ2v) is 8.88. The topological polar surface area (TPSA) is 83.1 Å². The van der Waals surface area contributed by atoms with E-state index in [-0.39, 0.29) is 18.5 Å². The van der Waals surface area contributed by atoms with E-state index in [2.05, 4.69) is 32.4 Å². The van der Waals surface area contributed by atoms with Gasteiger partial charge in [0, 0.05) is 17.9 Å². The van der Waals surface area contributed by atoms with E-state index in [0.29, 0.717) is 28.6 Å². The van der Waals surface area contributed by atoms with Crippen LogP contribution in [0.4, 0.5) is 0 Å². The van der Waals surface area contributed by atoms with Crippen molar-refractivity contribution >= 4 is 23.0 Å². The minimum absolute atomic E-state index is 0.0346. The van der Waals surface area contributed by atoms with Crippen molar-refractivity contribution in [1.29, 1.82) is 0 Å². The monoisotopic (exact) mass is 481 g/mol. The average molecular weight is 482 g/mol. The molecule has 1 amide bonds. The fraction of sp³-hybridized carbons (Fsp3) is 0.185. The van der Waals surface area contributed by atoms with Crippen LogP contribution in [0.15, 0.2) is 77.7 Å². The highest BCUT2D eigenvalue weighted by Crippen LogP contribution is 2.33. The summed E-state index contributed by atoms with van der Waals surface area (Å²) < 4.78 is 5.92. The van der Waals surface area contributed by atoms with Gasteiger partial charge in [-0.05, 0) is 30.2 Å². The van der Waals surface area contributed by atoms with Crippen molar-refractivity contribution in [2.75, 3.05) is 6.73 Å². The first-order chi connectivity index (χ1) is 17.0. The molecule has 3 aromatic rings. The predicted octanol–water partition coefficient (Wildman–Crippen LogP) is 3.85. The zero-order valence-electron chi connectivity index (χ0n) is 19.3. The summed E-state index contributed by atoms with van der Waals surface area (Å²) in [6.45, 7) is 4.16. The number of rotatable bonds is 4. The maximum atomic E-state index is 12.9. The number of nitrogens with one attached hydrogen (secondary N) is 2. The van der Waals surface area contributed by atoms with Crippen LogP contribution >= 0.6 is 12.2 Å². The molecule has 1 aliphatic carbocycles. The highest BCUT2D eigenvalue weighted by Gasteiger charge is 2.35. The van der Waals surface area contributed by atoms with Crippen LogP contribution in [0, 0.1) is 24.7 Å². The fourth-order valence-electron chi connectivity index (χ4n) is 3.94. The summed E-state index contributed by atoms with van der Waals surface area (Å²) in [4.78, 5) is 17.9. The molecule has 0 spiro atoms. The number of nitrogens with zero attached hydrogens (tertiary/aromatic N) is 3. The van der Waals surface area contributed by atoms with Crippen LogP contribution in [0.5, 0.6) is 0 Å². The molecule has 0 saturated heterocycles. The molecule has 5 rings (SSSR count). The zero-order chi connectivity index (χ0) is 24.4. The van der Waals surface area contributed by atoms with E-state index in [1.165, 1.54) is 0 Å². The van der Waals surface area contributed by atoms with Crippen molar-refractivity contribution in [1.82, 2.24) is 25.6 Å². The van der Waals surface area contributed by atoms with Gasteiger partial charge in [0.15, 0.2) is 12.5 Å². The molecule has 1 atom stereocenters. The van der Waals surface area contributed by atoms with Crippen molar-refractivity contribution in [3.8, 4) is 11.8 Å². The van der Waals surface area contributed by atoms with E-state index in [1.54, 1.807) is 5.01 Å². The van der Waals surface area contributed by atoms with Gasteiger partial charge in [-0.25, -0.2) is 9.99 Å². The van der Waals surface area contributed by atoms with Crippen LogP contribution in [0.1, 0.15) is 40.1 Å². The van der Waals surface area contributed by atoms with Gasteiger partial charge in [-0.2, -0.15) is 0 Å². The lowest BCUT2D eigenvalue weighted by atomic mass is 9.93. The molecule has 7 nitrogen and oxygen atoms in total. The van der Waals surface area contributed by atoms with Crippen LogP contribution in [0.3, 0.4) is 0 Å². The largest absolute Gasteiger partial charge is 0.468 e. The third-order valence-corrected chi connectivity index (χ3v) is 6.24. The first kappa shape index (κ1) is 22.6. The molecular weight excluding hydrogens is 458 g/mol. The molecule has 2 N–H and O–H groups in total. The molecule has 0 bridgehead atoms. The average Bonchev–Trinajstić information content (AvgIpc) is 3.49. The number of amides is 1. The van der Waals surface area contributed by atoms with Crippen molar-refractivity contribution < 1.29 is 9.53 Å². The molecule has 35 heavy (non-hydrogen) atoms. The number of carbonyl (C=O) groups is 1. The van der Waals surface area contributed by atoms with Crippen LogP contribution in [0.2, 0.25) is 0 Å². The Labute approximate surface area is 208 Å². The van der Waals surface area contributed by atoms with Gasteiger partial charge in [-0.15, -0.1) is 5.10 Å². The predicted molar refractivity (Wildman–Crippen MR) is 136 cm³/mol. The second kappa shape index (κ2) is 9.57. The van der Waals surface area contributed by atoms with Crippen molar-refractivity contribution in [2.24, 2.45) is 5.92 Å². The van der Waals surface area contributed by atoms with Crippen LogP contribution in [0.25, 0.3) is 0 Å². The number of aromatic nitrogens is 3. The van der Waals surface area contributed by atoms with E-state index in [1.807, 2.05) is 74.5 Å². The van der Waals surface area contributed by atoms with E-state index >= 15 is 0 Å². The minimum atomic E-state index is -0.449. The molecular formula is C27H23N5O2S. The Morgan fingerprint density at radius 2 is 2.06 bits per heavy atom. The van der Waals surface area contributed by atoms with Crippen LogP contribution in [-0.4, -0.2) is 37.7 Å². The van der Waals surface area contributed by atoms with Crippen molar-refractivity contribution in [3.63, 3.8) is 0 Å². The van der Waals surface area contributed by atoms with Gasteiger partial charge in [-0.1, -0.05) is 79.5 Å². The number of hydrogen-bond donors (Lipinski definition) is 2. The number of allylic oxidation sites excluding steroid dienone is 3. The van der Waals surface area contributed by atoms with Crippen molar-refractivity contribution in [2.45, 2.75) is 20.3 Å². The second-order valence-electron chi connectivity index (χ2n) is 8.44. The molecule has 1 aromatic heterocycles. The highest BCUT2D eigenvalue weighted by molar-refractivity contribution is 7.80. The van der Waals surface area contributed by atoms with Gasteiger partial charge in [0.05, 0.1) is 10.4 Å². The maximum absolute atomic E-state index is 12.9. The fourth-order valence-corrected chi connectivity index (χ4v) is 4.21. The molecule has 1 aliphatic heterocycles. The first-order valence-corrected chi connectivity index (χ1v) is 11.6. The molecule has 0 radical (unpaired) electrons. The third-order valence-electron chi connectivity index (χ3n) is 5.68. The molecule has 0 unspecified atom stereocenters. The van der Waals surface area contributed by atoms with Gasteiger partial charge in [0.1, 0.15) is 11.5 Å². The molecule has 0 fully saturated rings. The molecule has 8 heteroatoms. The van der Waals surface area contributed by atoms with E-state index < -0.39 is 5.91 Å². The smallest absolute Gasteiger partial charge is 0.309 e. The third kappa shape index (κ3) is 4.86. The SMILES string of the molecule is Cc1cccc(C#CC2=C[C@H](C)C(=S)C3=C2OCN3NC(=O)c2n[nH]c(Cc3ccccc3)n2)c1. The number of carbonyl (C=O) groups excluding carboxylic acids is 1. The van der Waals surface area contributed by atoms with Gasteiger partial charge < -0.3 is 4.74 Å². The summed E-state index contributed by atoms with van der Waals surface area (Å²) in [5.74, 6) is 7.17. The number of hydrogen-bond acceptors (Lipinski definition) is 6. The Hall–Kier alpha value is -4.22. The number of benzene rings is 2. The summed E-state index contributed by atoms with van der Waals surface area (Å²) in [7, 11) is 0. The molecule has 2 heterocycles. The number of H-pyrrole nitrogens is 1. The van der Waals surface area contributed by atoms with Gasteiger partial charge >= 0.3 is 5.91 Å². The minimum Gasteiger partial charge on any atom is -0.468 e. The first-order valence-electron chi connectivity index (χ1n) is 11.2. The summed E-state index contributed by atoms with van der Waals surface area (Å²) in [5, 5.41) is 8.52. The number of hydrazine groups is 1. The molecule has 174 valence electrons. The summed E-state index contributed by atoms with van der Waals surface area (Å²) in [6.07, 6.45) is 2.55. The molecule has 0 saturated carbocycles. The highest BCUT2D eigenvalue weighted by atomic mass is 32.1. The van der Waals surface area contributed by atoms with Crippen molar-refractivity contribution in [3.05, 3.63) is 106 Å². The Kier molecular flexibility index (Phi) is 6.17. The molecule has 2 aromatic carbocycles. The Morgan fingerprint density at radius 1 is 1.23 bits per heavy atom.